The number of carbonyl (C=O) groups excluding carboxylic acids is 1. The van der Waals surface area contributed by atoms with Crippen LogP contribution in [0.1, 0.15) is 62.5 Å². The zero-order valence-electron chi connectivity index (χ0n) is 14.5. The first-order valence-corrected chi connectivity index (χ1v) is 8.34. The number of carbonyl (C=O) groups is 1. The highest BCUT2D eigenvalue weighted by molar-refractivity contribution is 5.79. The van der Waals surface area contributed by atoms with Crippen LogP contribution in [0, 0.1) is 19.8 Å². The van der Waals surface area contributed by atoms with Crippen LogP contribution in [-0.4, -0.2) is 28.9 Å². The van der Waals surface area contributed by atoms with Gasteiger partial charge < -0.3 is 10.1 Å². The lowest BCUT2D eigenvalue weighted by Crippen LogP contribution is -2.36. The van der Waals surface area contributed by atoms with Gasteiger partial charge in [-0.3, -0.25) is 9.48 Å². The number of aromatic nitrogens is 2. The van der Waals surface area contributed by atoms with E-state index in [1.54, 1.807) is 7.11 Å². The van der Waals surface area contributed by atoms with Crippen molar-refractivity contribution < 1.29 is 9.53 Å². The summed E-state index contributed by atoms with van der Waals surface area (Å²) >= 11 is 0. The molecule has 1 aromatic rings. The Morgan fingerprint density at radius 2 is 2.00 bits per heavy atom. The third-order valence-electron chi connectivity index (χ3n) is 4.91. The van der Waals surface area contributed by atoms with Gasteiger partial charge in [0.05, 0.1) is 17.8 Å². The van der Waals surface area contributed by atoms with Gasteiger partial charge in [-0.25, -0.2) is 0 Å². The summed E-state index contributed by atoms with van der Waals surface area (Å²) in [6.07, 6.45) is 4.13. The Bertz CT molecular complexity index is 516. The van der Waals surface area contributed by atoms with Gasteiger partial charge in [0.1, 0.15) is 0 Å². The molecule has 1 aliphatic rings. The Morgan fingerprint density at radius 1 is 1.36 bits per heavy atom. The number of aryl methyl sites for hydroxylation is 2. The molecule has 22 heavy (non-hydrogen) atoms. The topological polar surface area (TPSA) is 56.2 Å². The average Bonchev–Trinajstić information content (AvgIpc) is 2.81. The first-order chi connectivity index (χ1) is 10.5. The van der Waals surface area contributed by atoms with Crippen LogP contribution in [0.3, 0.4) is 0 Å². The number of rotatable bonds is 5. The molecule has 2 rings (SSSR count). The molecule has 0 aliphatic heterocycles. The molecule has 0 spiro atoms. The summed E-state index contributed by atoms with van der Waals surface area (Å²) in [6, 6.07) is 0.00736. The lowest BCUT2D eigenvalue weighted by molar-refractivity contribution is -0.127. The van der Waals surface area contributed by atoms with Crippen molar-refractivity contribution in [3.8, 4) is 0 Å². The van der Waals surface area contributed by atoms with Crippen molar-refractivity contribution >= 4 is 5.91 Å². The number of nitrogens with one attached hydrogen (secondary N) is 1. The van der Waals surface area contributed by atoms with Gasteiger partial charge in [-0.15, -0.1) is 0 Å². The maximum atomic E-state index is 12.5. The predicted octanol–water partition coefficient (Wildman–Crippen LogP) is 2.90. The van der Waals surface area contributed by atoms with Crippen LogP contribution in [-0.2, 0) is 16.1 Å². The van der Waals surface area contributed by atoms with Crippen molar-refractivity contribution in [3.63, 3.8) is 0 Å². The highest BCUT2D eigenvalue weighted by Gasteiger charge is 2.28. The fourth-order valence-electron chi connectivity index (χ4n) is 3.61. The van der Waals surface area contributed by atoms with E-state index in [4.69, 9.17) is 4.74 Å². The maximum Gasteiger partial charge on any atom is 0.223 e. The molecule has 0 saturated heterocycles. The quantitative estimate of drug-likeness (QED) is 0.910. The fraction of sp³-hybridized carbons (Fsp3) is 0.765. The molecule has 1 saturated carbocycles. The average molecular weight is 307 g/mol. The third kappa shape index (κ3) is 3.51. The lowest BCUT2D eigenvalue weighted by atomic mass is 9.86. The smallest absolute Gasteiger partial charge is 0.223 e. The largest absolute Gasteiger partial charge is 0.381 e. The number of nitrogens with zero attached hydrogens (tertiary/aromatic N) is 2. The zero-order chi connectivity index (χ0) is 16.3. The Labute approximate surface area is 133 Å². The molecule has 1 heterocycles. The van der Waals surface area contributed by atoms with E-state index in [1.807, 2.05) is 11.6 Å². The lowest BCUT2D eigenvalue weighted by Gasteiger charge is -2.28. The summed E-state index contributed by atoms with van der Waals surface area (Å²) in [4.78, 5) is 12.5. The molecule has 1 aliphatic carbocycles. The van der Waals surface area contributed by atoms with Gasteiger partial charge in [-0.05, 0) is 53.4 Å². The van der Waals surface area contributed by atoms with E-state index in [2.05, 4.69) is 31.2 Å². The minimum Gasteiger partial charge on any atom is -0.381 e. The molecular weight excluding hydrogens is 278 g/mol. The van der Waals surface area contributed by atoms with Crippen molar-refractivity contribution in [3.05, 3.63) is 17.0 Å². The summed E-state index contributed by atoms with van der Waals surface area (Å²) in [6.45, 7) is 9.08. The SMILES string of the molecule is CCn1nc(C)c(C(C)NC(=O)C2CCC(OC)CC2)c1C. The molecule has 1 amide bonds. The highest BCUT2D eigenvalue weighted by Crippen LogP contribution is 2.27. The monoisotopic (exact) mass is 307 g/mol. The van der Waals surface area contributed by atoms with Gasteiger partial charge in [-0.2, -0.15) is 5.10 Å². The molecule has 5 nitrogen and oxygen atoms in total. The molecular formula is C17H29N3O2. The molecule has 1 unspecified atom stereocenters. The fourth-order valence-corrected chi connectivity index (χ4v) is 3.61. The summed E-state index contributed by atoms with van der Waals surface area (Å²) < 4.78 is 7.37. The van der Waals surface area contributed by atoms with Gasteiger partial charge in [0.25, 0.3) is 0 Å². The maximum absolute atomic E-state index is 12.5. The Morgan fingerprint density at radius 3 is 2.50 bits per heavy atom. The van der Waals surface area contributed by atoms with Crippen molar-refractivity contribution in [2.45, 2.75) is 72.1 Å². The summed E-state index contributed by atoms with van der Waals surface area (Å²) in [5.74, 6) is 0.292. The molecule has 0 bridgehead atoms. The van der Waals surface area contributed by atoms with E-state index in [9.17, 15) is 4.79 Å². The van der Waals surface area contributed by atoms with Gasteiger partial charge >= 0.3 is 0 Å². The summed E-state index contributed by atoms with van der Waals surface area (Å²) in [7, 11) is 1.75. The van der Waals surface area contributed by atoms with Crippen molar-refractivity contribution in [2.24, 2.45) is 5.92 Å². The predicted molar refractivity (Wildman–Crippen MR) is 86.7 cm³/mol. The summed E-state index contributed by atoms with van der Waals surface area (Å²) in [5, 5.41) is 7.72. The van der Waals surface area contributed by atoms with E-state index < -0.39 is 0 Å². The molecule has 0 aromatic carbocycles. The number of hydrogen-bond donors (Lipinski definition) is 1. The zero-order valence-corrected chi connectivity index (χ0v) is 14.5. The third-order valence-corrected chi connectivity index (χ3v) is 4.91. The first kappa shape index (κ1) is 17.0. The molecule has 0 radical (unpaired) electrons. The molecule has 1 atom stereocenters. The second-order valence-electron chi connectivity index (χ2n) is 6.34. The van der Waals surface area contributed by atoms with Crippen LogP contribution in [0.2, 0.25) is 0 Å². The minimum atomic E-state index is 0.00736. The van der Waals surface area contributed by atoms with Crippen LogP contribution >= 0.6 is 0 Å². The summed E-state index contributed by atoms with van der Waals surface area (Å²) in [5.41, 5.74) is 3.31. The van der Waals surface area contributed by atoms with E-state index in [1.165, 1.54) is 0 Å². The molecule has 1 fully saturated rings. The van der Waals surface area contributed by atoms with Gasteiger partial charge in [0, 0.05) is 30.8 Å². The molecule has 5 heteroatoms. The highest BCUT2D eigenvalue weighted by atomic mass is 16.5. The Hall–Kier alpha value is -1.36. The first-order valence-electron chi connectivity index (χ1n) is 8.34. The normalized spacial score (nSPS) is 23.3. The standard InChI is InChI=1S/C17H29N3O2/c1-6-20-13(4)16(12(3)19-20)11(2)18-17(21)14-7-9-15(22-5)10-8-14/h11,14-15H,6-10H2,1-5H3,(H,18,21). The van der Waals surface area contributed by atoms with E-state index in [0.29, 0.717) is 6.10 Å². The second-order valence-corrected chi connectivity index (χ2v) is 6.34. The van der Waals surface area contributed by atoms with Crippen LogP contribution < -0.4 is 5.32 Å². The van der Waals surface area contributed by atoms with Crippen molar-refractivity contribution in [1.29, 1.82) is 0 Å². The van der Waals surface area contributed by atoms with Gasteiger partial charge in [0.15, 0.2) is 0 Å². The van der Waals surface area contributed by atoms with Crippen molar-refractivity contribution in [2.75, 3.05) is 7.11 Å². The Kier molecular flexibility index (Phi) is 5.62. The number of hydrogen-bond acceptors (Lipinski definition) is 3. The van der Waals surface area contributed by atoms with Crippen LogP contribution in [0.4, 0.5) is 0 Å². The molecule has 1 N–H and O–H groups in total. The number of amides is 1. The van der Waals surface area contributed by atoms with E-state index in [0.717, 1.165) is 49.2 Å². The van der Waals surface area contributed by atoms with Crippen LogP contribution in [0.5, 0.6) is 0 Å². The van der Waals surface area contributed by atoms with E-state index in [-0.39, 0.29) is 17.9 Å². The Balaban J connectivity index is 1.99. The second kappa shape index (κ2) is 7.27. The van der Waals surface area contributed by atoms with Crippen LogP contribution in [0.15, 0.2) is 0 Å². The van der Waals surface area contributed by atoms with Crippen LogP contribution in [0.25, 0.3) is 0 Å². The number of methoxy groups -OCH3 is 1. The number of ether oxygens (including phenoxy) is 1. The minimum absolute atomic E-state index is 0.00736. The van der Waals surface area contributed by atoms with Gasteiger partial charge in [0.2, 0.25) is 5.91 Å². The van der Waals surface area contributed by atoms with Crippen molar-refractivity contribution in [1.82, 2.24) is 15.1 Å². The van der Waals surface area contributed by atoms with Gasteiger partial charge in [-0.1, -0.05) is 0 Å². The molecule has 1 aromatic heterocycles. The molecule has 124 valence electrons. The van der Waals surface area contributed by atoms with E-state index >= 15 is 0 Å².